The van der Waals surface area contributed by atoms with Gasteiger partial charge in [0.15, 0.2) is 10.8 Å². The van der Waals surface area contributed by atoms with Crippen molar-refractivity contribution in [2.75, 3.05) is 18.2 Å². The summed E-state index contributed by atoms with van der Waals surface area (Å²) in [5, 5.41) is 13.8. The van der Waals surface area contributed by atoms with Crippen LogP contribution in [0, 0.1) is 0 Å². The molecule has 1 aliphatic carbocycles. The third-order valence-corrected chi connectivity index (χ3v) is 7.77. The van der Waals surface area contributed by atoms with Crippen molar-refractivity contribution < 1.29 is 9.53 Å². The number of aromatic nitrogens is 4. The maximum atomic E-state index is 12.6. The van der Waals surface area contributed by atoms with Gasteiger partial charge in [-0.25, -0.2) is 4.98 Å². The SMILES string of the molecule is COc1cccc(NC(=O)CSc2nnc3c4c5c(sc4nc(C(C)C)n23)CCCC5)c1. The van der Waals surface area contributed by atoms with E-state index in [0.29, 0.717) is 16.6 Å². The van der Waals surface area contributed by atoms with Crippen LogP contribution >= 0.6 is 23.1 Å². The van der Waals surface area contributed by atoms with Crippen LogP contribution in [-0.4, -0.2) is 38.4 Å². The third-order valence-electron chi connectivity index (χ3n) is 5.66. The number of carbonyl (C=O) groups is 1. The second-order valence-electron chi connectivity index (χ2n) is 8.23. The van der Waals surface area contributed by atoms with Crippen LogP contribution in [0.5, 0.6) is 5.75 Å². The number of nitrogens with one attached hydrogen (secondary N) is 1. The summed E-state index contributed by atoms with van der Waals surface area (Å²) in [5.41, 5.74) is 2.97. The molecule has 0 spiro atoms. The average molecular weight is 468 g/mol. The molecule has 0 radical (unpaired) electrons. The molecule has 0 saturated heterocycles. The lowest BCUT2D eigenvalue weighted by atomic mass is 9.97. The number of anilines is 1. The fourth-order valence-corrected chi connectivity index (χ4v) is 6.16. The molecular formula is C23H25N5O2S2. The standard InChI is InChI=1S/C23H25N5O2S2/c1-13(2)20-25-22-19(16-9-4-5-10-17(16)32-22)21-26-27-23(28(20)21)31-12-18(29)24-14-7-6-8-15(11-14)30-3/h6-8,11,13H,4-5,9-10,12H2,1-3H3,(H,24,29). The third kappa shape index (κ3) is 3.84. The Morgan fingerprint density at radius 3 is 2.94 bits per heavy atom. The van der Waals surface area contributed by atoms with Crippen LogP contribution in [-0.2, 0) is 17.6 Å². The van der Waals surface area contributed by atoms with Gasteiger partial charge in [-0.15, -0.1) is 21.5 Å². The lowest BCUT2D eigenvalue weighted by Crippen LogP contribution is -2.14. The number of hydrogen-bond acceptors (Lipinski definition) is 7. The maximum Gasteiger partial charge on any atom is 0.234 e. The van der Waals surface area contributed by atoms with E-state index in [1.807, 2.05) is 18.2 Å². The van der Waals surface area contributed by atoms with E-state index in [-0.39, 0.29) is 17.6 Å². The number of amides is 1. The molecule has 0 fully saturated rings. The average Bonchev–Trinajstić information content (AvgIpc) is 3.38. The topological polar surface area (TPSA) is 81.4 Å². The predicted molar refractivity (Wildman–Crippen MR) is 129 cm³/mol. The van der Waals surface area contributed by atoms with Crippen LogP contribution < -0.4 is 10.1 Å². The van der Waals surface area contributed by atoms with E-state index in [2.05, 4.69) is 33.8 Å². The van der Waals surface area contributed by atoms with Gasteiger partial charge >= 0.3 is 0 Å². The summed E-state index contributed by atoms with van der Waals surface area (Å²) in [6.07, 6.45) is 4.64. The molecule has 0 aliphatic heterocycles. The van der Waals surface area contributed by atoms with Gasteiger partial charge in [-0.2, -0.15) is 0 Å². The molecule has 32 heavy (non-hydrogen) atoms. The Morgan fingerprint density at radius 2 is 2.12 bits per heavy atom. The molecule has 166 valence electrons. The number of carbonyl (C=O) groups excluding carboxylic acids is 1. The molecule has 3 heterocycles. The van der Waals surface area contributed by atoms with Crippen molar-refractivity contribution >= 4 is 50.6 Å². The fourth-order valence-electron chi connectivity index (χ4n) is 4.16. The van der Waals surface area contributed by atoms with Gasteiger partial charge in [-0.1, -0.05) is 31.7 Å². The van der Waals surface area contributed by atoms with Crippen molar-refractivity contribution in [1.82, 2.24) is 19.6 Å². The summed E-state index contributed by atoms with van der Waals surface area (Å²) in [5.74, 6) is 1.98. The van der Waals surface area contributed by atoms with Gasteiger partial charge in [-0.3, -0.25) is 9.20 Å². The summed E-state index contributed by atoms with van der Waals surface area (Å²) < 4.78 is 7.28. The first kappa shape index (κ1) is 21.2. The van der Waals surface area contributed by atoms with E-state index in [1.54, 1.807) is 24.5 Å². The van der Waals surface area contributed by atoms with E-state index in [1.165, 1.54) is 35.0 Å². The number of nitrogens with zero attached hydrogens (tertiary/aromatic N) is 4. The Bertz CT molecular complexity index is 1310. The normalized spacial score (nSPS) is 13.6. The number of methoxy groups -OCH3 is 1. The molecule has 0 unspecified atom stereocenters. The minimum atomic E-state index is -0.104. The molecule has 4 aromatic rings. The zero-order valence-corrected chi connectivity index (χ0v) is 20.0. The van der Waals surface area contributed by atoms with Gasteiger partial charge in [0, 0.05) is 22.5 Å². The van der Waals surface area contributed by atoms with Crippen molar-refractivity contribution in [3.05, 3.63) is 40.5 Å². The molecule has 0 saturated carbocycles. The lowest BCUT2D eigenvalue weighted by Gasteiger charge is -2.12. The van der Waals surface area contributed by atoms with Crippen molar-refractivity contribution in [2.45, 2.75) is 50.6 Å². The number of thioether (sulfide) groups is 1. The zero-order valence-electron chi connectivity index (χ0n) is 18.3. The first-order chi connectivity index (χ1) is 15.5. The fraction of sp³-hybridized carbons (Fsp3) is 0.391. The predicted octanol–water partition coefficient (Wildman–Crippen LogP) is 5.08. The Labute approximate surface area is 194 Å². The van der Waals surface area contributed by atoms with Gasteiger partial charge in [-0.05, 0) is 43.4 Å². The highest BCUT2D eigenvalue weighted by Crippen LogP contribution is 2.39. The van der Waals surface area contributed by atoms with E-state index < -0.39 is 0 Å². The highest BCUT2D eigenvalue weighted by atomic mass is 32.2. The summed E-state index contributed by atoms with van der Waals surface area (Å²) in [7, 11) is 1.61. The Balaban J connectivity index is 1.46. The van der Waals surface area contributed by atoms with E-state index in [9.17, 15) is 4.79 Å². The lowest BCUT2D eigenvalue weighted by molar-refractivity contribution is -0.113. The first-order valence-corrected chi connectivity index (χ1v) is 12.6. The number of hydrogen-bond donors (Lipinski definition) is 1. The smallest absolute Gasteiger partial charge is 0.234 e. The first-order valence-electron chi connectivity index (χ1n) is 10.8. The van der Waals surface area contributed by atoms with Crippen LogP contribution in [0.15, 0.2) is 29.4 Å². The van der Waals surface area contributed by atoms with Gasteiger partial charge in [0.2, 0.25) is 5.91 Å². The number of fused-ring (bicyclic) bond motifs is 5. The monoisotopic (exact) mass is 467 g/mol. The molecule has 7 nitrogen and oxygen atoms in total. The number of aryl methyl sites for hydroxylation is 2. The molecule has 1 aromatic carbocycles. The van der Waals surface area contributed by atoms with E-state index in [4.69, 9.17) is 9.72 Å². The quantitative estimate of drug-likeness (QED) is 0.398. The molecule has 1 amide bonds. The molecule has 3 aromatic heterocycles. The highest BCUT2D eigenvalue weighted by Gasteiger charge is 2.24. The molecule has 1 N–H and O–H groups in total. The van der Waals surface area contributed by atoms with Crippen LogP contribution in [0.4, 0.5) is 5.69 Å². The van der Waals surface area contributed by atoms with Crippen molar-refractivity contribution in [1.29, 1.82) is 0 Å². The number of rotatable bonds is 6. The van der Waals surface area contributed by atoms with E-state index in [0.717, 1.165) is 34.5 Å². The second-order valence-corrected chi connectivity index (χ2v) is 10.3. The summed E-state index contributed by atoms with van der Waals surface area (Å²) in [4.78, 5) is 20.1. The van der Waals surface area contributed by atoms with Gasteiger partial charge < -0.3 is 10.1 Å². The summed E-state index contributed by atoms with van der Waals surface area (Å²) >= 11 is 3.19. The summed E-state index contributed by atoms with van der Waals surface area (Å²) in [6.45, 7) is 4.26. The second kappa shape index (κ2) is 8.71. The van der Waals surface area contributed by atoms with Gasteiger partial charge in [0.25, 0.3) is 0 Å². The van der Waals surface area contributed by atoms with Crippen LogP contribution in [0.25, 0.3) is 15.9 Å². The summed E-state index contributed by atoms with van der Waals surface area (Å²) in [6, 6.07) is 7.33. The number of benzene rings is 1. The van der Waals surface area contributed by atoms with E-state index >= 15 is 0 Å². The van der Waals surface area contributed by atoms with Gasteiger partial charge in [0.1, 0.15) is 16.4 Å². The van der Waals surface area contributed by atoms with Crippen LogP contribution in [0.3, 0.4) is 0 Å². The Morgan fingerprint density at radius 1 is 1.28 bits per heavy atom. The molecule has 0 atom stereocenters. The Kier molecular flexibility index (Phi) is 5.77. The largest absolute Gasteiger partial charge is 0.497 e. The molecule has 9 heteroatoms. The number of thiophene rings is 1. The minimum absolute atomic E-state index is 0.104. The number of ether oxygens (including phenoxy) is 1. The minimum Gasteiger partial charge on any atom is -0.497 e. The maximum absolute atomic E-state index is 12.6. The van der Waals surface area contributed by atoms with Gasteiger partial charge in [0.05, 0.1) is 18.2 Å². The molecule has 1 aliphatic rings. The van der Waals surface area contributed by atoms with Crippen LogP contribution in [0.2, 0.25) is 0 Å². The Hall–Kier alpha value is -2.65. The van der Waals surface area contributed by atoms with Crippen LogP contribution in [0.1, 0.15) is 48.9 Å². The van der Waals surface area contributed by atoms with Crippen molar-refractivity contribution in [3.63, 3.8) is 0 Å². The van der Waals surface area contributed by atoms with Crippen molar-refractivity contribution in [3.8, 4) is 5.75 Å². The molecule has 0 bridgehead atoms. The highest BCUT2D eigenvalue weighted by molar-refractivity contribution is 7.99. The zero-order chi connectivity index (χ0) is 22.2. The molecular weight excluding hydrogens is 442 g/mol. The van der Waals surface area contributed by atoms with Crippen molar-refractivity contribution in [2.24, 2.45) is 0 Å². The molecule has 5 rings (SSSR count).